The Balaban J connectivity index is 0.00000166. The lowest BCUT2D eigenvalue weighted by Gasteiger charge is -2.31. The lowest BCUT2D eigenvalue weighted by molar-refractivity contribution is -0.120. The van der Waals surface area contributed by atoms with Gasteiger partial charge in [-0.3, -0.25) is 4.79 Å². The highest BCUT2D eigenvalue weighted by molar-refractivity contribution is 7.89. The molecule has 1 saturated heterocycles. The van der Waals surface area contributed by atoms with E-state index in [2.05, 4.69) is 11.9 Å². The molecule has 0 aromatic heterocycles. The van der Waals surface area contributed by atoms with E-state index in [0.717, 1.165) is 28.0 Å². The van der Waals surface area contributed by atoms with E-state index >= 15 is 0 Å². The zero-order valence-electron chi connectivity index (χ0n) is 19.2. The smallest absolute Gasteiger partial charge is 0.243 e. The van der Waals surface area contributed by atoms with Gasteiger partial charge in [0, 0.05) is 24.7 Å². The largest absolute Gasteiger partial charge is 0.326 e. The van der Waals surface area contributed by atoms with Crippen molar-refractivity contribution >= 4 is 27.2 Å². The number of rotatable bonds is 5. The Labute approximate surface area is 187 Å². The maximum absolute atomic E-state index is 13.0. The first-order valence-corrected chi connectivity index (χ1v) is 12.3. The minimum absolute atomic E-state index is 0.0587. The topological polar surface area (TPSA) is 66.5 Å². The minimum atomic E-state index is -3.54. The number of carbonyl (C=O) groups excluding carboxylic acids is 1. The van der Waals surface area contributed by atoms with Gasteiger partial charge in [-0.25, -0.2) is 8.42 Å². The SMILES string of the molecule is C=C(C)c1ccc(NC(=O)C2CCN(S(=O)(=O)c3ccc(C)cc3C)CC2)cc1.CC. The first-order valence-electron chi connectivity index (χ1n) is 10.8. The van der Waals surface area contributed by atoms with Crippen LogP contribution in [0.5, 0.6) is 0 Å². The van der Waals surface area contributed by atoms with Crippen LogP contribution < -0.4 is 5.32 Å². The maximum Gasteiger partial charge on any atom is 0.243 e. The molecule has 2 aromatic rings. The average molecular weight is 443 g/mol. The fourth-order valence-electron chi connectivity index (χ4n) is 3.67. The lowest BCUT2D eigenvalue weighted by atomic mass is 9.97. The van der Waals surface area contributed by atoms with Crippen molar-refractivity contribution in [2.24, 2.45) is 5.92 Å². The van der Waals surface area contributed by atoms with Gasteiger partial charge in [0.1, 0.15) is 0 Å². The summed E-state index contributed by atoms with van der Waals surface area (Å²) >= 11 is 0. The number of hydrogen-bond donors (Lipinski definition) is 1. The molecule has 1 aliphatic heterocycles. The Morgan fingerprint density at radius 2 is 1.61 bits per heavy atom. The van der Waals surface area contributed by atoms with Crippen molar-refractivity contribution in [2.75, 3.05) is 18.4 Å². The number of amides is 1. The van der Waals surface area contributed by atoms with Crippen LogP contribution in [0.1, 0.15) is 50.3 Å². The van der Waals surface area contributed by atoms with Crippen molar-refractivity contribution in [2.45, 2.75) is 52.4 Å². The number of anilines is 1. The van der Waals surface area contributed by atoms with Gasteiger partial charge >= 0.3 is 0 Å². The second-order valence-corrected chi connectivity index (χ2v) is 9.70. The number of nitrogens with zero attached hydrogens (tertiary/aromatic N) is 1. The second kappa shape index (κ2) is 10.7. The molecule has 0 radical (unpaired) electrons. The molecule has 1 heterocycles. The molecule has 0 saturated carbocycles. The molecular weight excluding hydrogens is 408 g/mol. The minimum Gasteiger partial charge on any atom is -0.326 e. The Morgan fingerprint density at radius 1 is 1.03 bits per heavy atom. The summed E-state index contributed by atoms with van der Waals surface area (Å²) in [6, 6.07) is 13.0. The molecule has 0 unspecified atom stereocenters. The molecule has 1 N–H and O–H groups in total. The van der Waals surface area contributed by atoms with Crippen LogP contribution in [0.4, 0.5) is 5.69 Å². The highest BCUT2D eigenvalue weighted by Crippen LogP contribution is 2.27. The quantitative estimate of drug-likeness (QED) is 0.674. The summed E-state index contributed by atoms with van der Waals surface area (Å²) < 4.78 is 27.5. The summed E-state index contributed by atoms with van der Waals surface area (Å²) in [6.45, 7) is 14.3. The standard InChI is InChI=1S/C23H28N2O3S.C2H6/c1-16(2)19-6-8-21(9-7-19)24-23(26)20-11-13-25(14-12-20)29(27,28)22-10-5-17(3)15-18(22)4;1-2/h5-10,15,20H,1,11-14H2,2-4H3,(H,24,26);1-2H3. The summed E-state index contributed by atoms with van der Waals surface area (Å²) in [6.07, 6.45) is 1.03. The van der Waals surface area contributed by atoms with E-state index in [4.69, 9.17) is 0 Å². The predicted octanol–water partition coefficient (Wildman–Crippen LogP) is 5.40. The maximum atomic E-state index is 13.0. The number of carbonyl (C=O) groups is 1. The third kappa shape index (κ3) is 6.05. The van der Waals surface area contributed by atoms with Crippen LogP contribution in [0.25, 0.3) is 5.57 Å². The summed E-state index contributed by atoms with van der Waals surface area (Å²) in [4.78, 5) is 13.0. The average Bonchev–Trinajstić information content (AvgIpc) is 2.75. The van der Waals surface area contributed by atoms with Gasteiger partial charge in [-0.15, -0.1) is 0 Å². The molecule has 1 aliphatic rings. The van der Waals surface area contributed by atoms with E-state index in [0.29, 0.717) is 30.8 Å². The lowest BCUT2D eigenvalue weighted by Crippen LogP contribution is -2.41. The number of allylic oxidation sites excluding steroid dienone is 1. The zero-order valence-corrected chi connectivity index (χ0v) is 20.1. The van der Waals surface area contributed by atoms with E-state index in [-0.39, 0.29) is 11.8 Å². The third-order valence-electron chi connectivity index (χ3n) is 5.42. The molecular formula is C25H34N2O3S. The molecule has 5 nitrogen and oxygen atoms in total. The van der Waals surface area contributed by atoms with E-state index in [1.165, 1.54) is 4.31 Å². The molecule has 0 spiro atoms. The predicted molar refractivity (Wildman–Crippen MR) is 129 cm³/mol. The van der Waals surface area contributed by atoms with Crippen LogP contribution in [0.15, 0.2) is 53.9 Å². The van der Waals surface area contributed by atoms with Crippen molar-refractivity contribution in [1.82, 2.24) is 4.31 Å². The molecule has 1 amide bonds. The highest BCUT2D eigenvalue weighted by Gasteiger charge is 2.32. The van der Waals surface area contributed by atoms with Crippen LogP contribution in [0.3, 0.4) is 0 Å². The molecule has 31 heavy (non-hydrogen) atoms. The first kappa shape index (κ1) is 24.8. The summed E-state index contributed by atoms with van der Waals surface area (Å²) in [5.41, 5.74) is 4.54. The monoisotopic (exact) mass is 442 g/mol. The zero-order chi connectivity index (χ0) is 23.2. The van der Waals surface area contributed by atoms with Crippen molar-refractivity contribution in [3.63, 3.8) is 0 Å². The number of benzene rings is 2. The summed E-state index contributed by atoms with van der Waals surface area (Å²) in [5.74, 6) is -0.252. The van der Waals surface area contributed by atoms with E-state index in [9.17, 15) is 13.2 Å². The molecule has 0 bridgehead atoms. The van der Waals surface area contributed by atoms with Gasteiger partial charge in [0.15, 0.2) is 0 Å². The fraction of sp³-hybridized carbons (Fsp3) is 0.400. The molecule has 168 valence electrons. The van der Waals surface area contributed by atoms with Crippen molar-refractivity contribution < 1.29 is 13.2 Å². The van der Waals surface area contributed by atoms with E-state index in [1.807, 2.05) is 71.0 Å². The van der Waals surface area contributed by atoms with Crippen molar-refractivity contribution in [3.05, 3.63) is 65.7 Å². The Bertz CT molecular complexity index is 1020. The molecule has 0 atom stereocenters. The molecule has 6 heteroatoms. The van der Waals surface area contributed by atoms with Gasteiger partial charge in [-0.2, -0.15) is 4.31 Å². The molecule has 1 fully saturated rings. The Hall–Kier alpha value is -2.44. The fourth-order valence-corrected chi connectivity index (χ4v) is 5.34. The third-order valence-corrected chi connectivity index (χ3v) is 7.48. The number of piperidine rings is 1. The van der Waals surface area contributed by atoms with Gasteiger partial charge in [0.2, 0.25) is 15.9 Å². The Kier molecular flexibility index (Phi) is 8.60. The molecule has 3 rings (SSSR count). The van der Waals surface area contributed by atoms with Gasteiger partial charge in [-0.1, -0.05) is 55.8 Å². The first-order chi connectivity index (χ1) is 14.7. The summed E-state index contributed by atoms with van der Waals surface area (Å²) in [5, 5.41) is 2.94. The molecule has 2 aromatic carbocycles. The number of nitrogens with one attached hydrogen (secondary N) is 1. The number of sulfonamides is 1. The van der Waals surface area contributed by atoms with E-state index in [1.54, 1.807) is 6.07 Å². The van der Waals surface area contributed by atoms with Crippen LogP contribution in [-0.4, -0.2) is 31.7 Å². The molecule has 0 aliphatic carbocycles. The number of hydrogen-bond acceptors (Lipinski definition) is 3. The number of aryl methyl sites for hydroxylation is 2. The van der Waals surface area contributed by atoms with Gasteiger partial charge < -0.3 is 5.32 Å². The van der Waals surface area contributed by atoms with Crippen LogP contribution in [0.2, 0.25) is 0 Å². The van der Waals surface area contributed by atoms with Crippen LogP contribution in [-0.2, 0) is 14.8 Å². The normalized spacial score (nSPS) is 15.0. The van der Waals surface area contributed by atoms with Crippen LogP contribution in [0, 0.1) is 19.8 Å². The highest BCUT2D eigenvalue weighted by atomic mass is 32.2. The summed E-state index contributed by atoms with van der Waals surface area (Å²) in [7, 11) is -3.54. The van der Waals surface area contributed by atoms with E-state index < -0.39 is 10.0 Å². The van der Waals surface area contributed by atoms with Crippen LogP contribution >= 0.6 is 0 Å². The van der Waals surface area contributed by atoms with Crippen molar-refractivity contribution in [3.8, 4) is 0 Å². The van der Waals surface area contributed by atoms with Gasteiger partial charge in [0.25, 0.3) is 0 Å². The Morgan fingerprint density at radius 3 is 2.13 bits per heavy atom. The van der Waals surface area contributed by atoms with Gasteiger partial charge in [-0.05, 0) is 62.9 Å². The second-order valence-electron chi connectivity index (χ2n) is 7.79. The van der Waals surface area contributed by atoms with Gasteiger partial charge in [0.05, 0.1) is 4.90 Å². The van der Waals surface area contributed by atoms with Crippen molar-refractivity contribution in [1.29, 1.82) is 0 Å².